The third kappa shape index (κ3) is 1.36. The number of pyridine rings is 1. The van der Waals surface area contributed by atoms with Gasteiger partial charge in [0.25, 0.3) is 0 Å². The van der Waals surface area contributed by atoms with Gasteiger partial charge >= 0.3 is 0 Å². The van der Waals surface area contributed by atoms with Crippen LogP contribution in [0.3, 0.4) is 0 Å². The van der Waals surface area contributed by atoms with E-state index in [4.69, 9.17) is 0 Å². The van der Waals surface area contributed by atoms with Crippen molar-refractivity contribution in [1.82, 2.24) is 4.98 Å². The molecule has 1 aliphatic rings. The van der Waals surface area contributed by atoms with E-state index in [9.17, 15) is 0 Å². The highest BCUT2D eigenvalue weighted by atomic mass is 14.7. The molecule has 1 aromatic heterocycles. The molecular formula is C11H15N. The molecule has 1 nitrogen and oxygen atoms in total. The molecule has 1 heteroatoms. The lowest BCUT2D eigenvalue weighted by Gasteiger charge is -2.24. The Kier molecular flexibility index (Phi) is 2.11. The zero-order chi connectivity index (χ0) is 8.39. The molecular weight excluding hydrogens is 146 g/mol. The van der Waals surface area contributed by atoms with Gasteiger partial charge in [-0.25, -0.2) is 0 Å². The van der Waals surface area contributed by atoms with Crippen molar-refractivity contribution in [3.05, 3.63) is 29.6 Å². The first-order valence-electron chi connectivity index (χ1n) is 4.85. The molecule has 1 heterocycles. The van der Waals surface area contributed by atoms with Crippen LogP contribution < -0.4 is 0 Å². The van der Waals surface area contributed by atoms with Gasteiger partial charge in [0.2, 0.25) is 0 Å². The fraction of sp³-hybridized carbons (Fsp3) is 0.545. The summed E-state index contributed by atoms with van der Waals surface area (Å²) in [5.41, 5.74) is 2.74. The van der Waals surface area contributed by atoms with Crippen LogP contribution in [-0.2, 0) is 6.42 Å². The van der Waals surface area contributed by atoms with Crippen molar-refractivity contribution in [3.63, 3.8) is 0 Å². The Bertz CT molecular complexity index is 263. The normalized spacial score (nSPS) is 17.4. The van der Waals surface area contributed by atoms with Crippen molar-refractivity contribution in [2.24, 2.45) is 0 Å². The largest absolute Gasteiger partial charge is 0.261 e. The monoisotopic (exact) mass is 161 g/mol. The van der Waals surface area contributed by atoms with Crippen molar-refractivity contribution in [1.29, 1.82) is 0 Å². The summed E-state index contributed by atoms with van der Waals surface area (Å²) in [5, 5.41) is 0. The zero-order valence-corrected chi connectivity index (χ0v) is 7.59. The highest BCUT2D eigenvalue weighted by Crippen LogP contribution is 2.35. The molecule has 2 rings (SSSR count). The summed E-state index contributed by atoms with van der Waals surface area (Å²) in [6.45, 7) is 2.19. The molecule has 1 aliphatic carbocycles. The number of rotatable bonds is 2. The van der Waals surface area contributed by atoms with E-state index in [-0.39, 0.29) is 0 Å². The van der Waals surface area contributed by atoms with Crippen LogP contribution >= 0.6 is 0 Å². The molecule has 1 aromatic rings. The number of aromatic nitrogens is 1. The van der Waals surface area contributed by atoms with E-state index in [0.29, 0.717) is 0 Å². The van der Waals surface area contributed by atoms with Crippen LogP contribution in [0.1, 0.15) is 43.4 Å². The first-order chi connectivity index (χ1) is 5.90. The van der Waals surface area contributed by atoms with Crippen molar-refractivity contribution < 1.29 is 0 Å². The summed E-state index contributed by atoms with van der Waals surface area (Å²) in [5.74, 6) is 0.775. The molecule has 0 saturated heterocycles. The molecule has 0 spiro atoms. The van der Waals surface area contributed by atoms with Gasteiger partial charge in [0.15, 0.2) is 0 Å². The van der Waals surface area contributed by atoms with Gasteiger partial charge in [-0.1, -0.05) is 13.3 Å². The van der Waals surface area contributed by atoms with Crippen LogP contribution in [0.4, 0.5) is 0 Å². The first kappa shape index (κ1) is 7.78. The topological polar surface area (TPSA) is 12.9 Å². The molecule has 12 heavy (non-hydrogen) atoms. The minimum absolute atomic E-state index is 0.775. The third-order valence-electron chi connectivity index (χ3n) is 2.78. The van der Waals surface area contributed by atoms with E-state index in [0.717, 1.165) is 12.3 Å². The van der Waals surface area contributed by atoms with Gasteiger partial charge in [-0.2, -0.15) is 0 Å². The van der Waals surface area contributed by atoms with Gasteiger partial charge in [-0.15, -0.1) is 0 Å². The Morgan fingerprint density at radius 3 is 2.92 bits per heavy atom. The van der Waals surface area contributed by atoms with Gasteiger partial charge in [0.1, 0.15) is 0 Å². The Morgan fingerprint density at radius 2 is 2.33 bits per heavy atom. The van der Waals surface area contributed by atoms with Crippen LogP contribution in [0, 0.1) is 0 Å². The molecule has 1 saturated carbocycles. The zero-order valence-electron chi connectivity index (χ0n) is 7.59. The van der Waals surface area contributed by atoms with Crippen LogP contribution in [0.15, 0.2) is 18.3 Å². The lowest BCUT2D eigenvalue weighted by molar-refractivity contribution is 0.411. The summed E-state index contributed by atoms with van der Waals surface area (Å²) in [6, 6.07) is 4.38. The lowest BCUT2D eigenvalue weighted by Crippen LogP contribution is -2.10. The maximum absolute atomic E-state index is 4.41. The fourth-order valence-corrected chi connectivity index (χ4v) is 1.64. The lowest BCUT2D eigenvalue weighted by atomic mass is 9.82. The smallest absolute Gasteiger partial charge is 0.0437 e. The van der Waals surface area contributed by atoms with Gasteiger partial charge in [0, 0.05) is 17.8 Å². The van der Waals surface area contributed by atoms with Gasteiger partial charge in [-0.05, 0) is 37.0 Å². The minimum atomic E-state index is 0.775. The standard InChI is InChI=1S/C11H15N/c1-2-9-6-7-12-11(8-9)10-4-3-5-10/h6-8,10H,2-5H2,1H3. The predicted octanol–water partition coefficient (Wildman–Crippen LogP) is 2.91. The van der Waals surface area contributed by atoms with Gasteiger partial charge in [0.05, 0.1) is 0 Å². The molecule has 1 fully saturated rings. The number of nitrogens with zero attached hydrogens (tertiary/aromatic N) is 1. The van der Waals surface area contributed by atoms with E-state index >= 15 is 0 Å². The number of aryl methyl sites for hydroxylation is 1. The van der Waals surface area contributed by atoms with Crippen molar-refractivity contribution >= 4 is 0 Å². The number of hydrogen-bond donors (Lipinski definition) is 0. The van der Waals surface area contributed by atoms with Gasteiger partial charge < -0.3 is 0 Å². The quantitative estimate of drug-likeness (QED) is 0.650. The second-order valence-corrected chi connectivity index (χ2v) is 3.57. The van der Waals surface area contributed by atoms with E-state index < -0.39 is 0 Å². The van der Waals surface area contributed by atoms with Crippen molar-refractivity contribution in [2.45, 2.75) is 38.5 Å². The molecule has 0 N–H and O–H groups in total. The van der Waals surface area contributed by atoms with E-state index in [1.165, 1.54) is 30.5 Å². The number of hydrogen-bond acceptors (Lipinski definition) is 1. The molecule has 0 radical (unpaired) electrons. The average Bonchev–Trinajstić information content (AvgIpc) is 2.02. The Hall–Kier alpha value is -0.850. The van der Waals surface area contributed by atoms with Crippen LogP contribution in [0.25, 0.3) is 0 Å². The Labute approximate surface area is 73.8 Å². The fourth-order valence-electron chi connectivity index (χ4n) is 1.64. The Morgan fingerprint density at radius 1 is 1.50 bits per heavy atom. The summed E-state index contributed by atoms with van der Waals surface area (Å²) in [7, 11) is 0. The molecule has 64 valence electrons. The highest BCUT2D eigenvalue weighted by Gasteiger charge is 2.20. The molecule has 0 atom stereocenters. The summed E-state index contributed by atoms with van der Waals surface area (Å²) < 4.78 is 0. The van der Waals surface area contributed by atoms with Crippen molar-refractivity contribution in [2.75, 3.05) is 0 Å². The second kappa shape index (κ2) is 3.26. The molecule has 0 aromatic carbocycles. The minimum Gasteiger partial charge on any atom is -0.261 e. The highest BCUT2D eigenvalue weighted by molar-refractivity contribution is 5.20. The SMILES string of the molecule is CCc1ccnc(C2CCC2)c1. The summed E-state index contributed by atoms with van der Waals surface area (Å²) in [6.07, 6.45) is 7.16. The Balaban J connectivity index is 2.19. The molecule has 0 amide bonds. The van der Waals surface area contributed by atoms with E-state index in [1.54, 1.807) is 0 Å². The van der Waals surface area contributed by atoms with Crippen molar-refractivity contribution in [3.8, 4) is 0 Å². The maximum atomic E-state index is 4.41. The molecule has 0 unspecified atom stereocenters. The maximum Gasteiger partial charge on any atom is 0.0437 e. The van der Waals surface area contributed by atoms with Crippen LogP contribution in [-0.4, -0.2) is 4.98 Å². The van der Waals surface area contributed by atoms with Gasteiger partial charge in [-0.3, -0.25) is 4.98 Å². The first-order valence-corrected chi connectivity index (χ1v) is 4.85. The predicted molar refractivity (Wildman–Crippen MR) is 50.2 cm³/mol. The summed E-state index contributed by atoms with van der Waals surface area (Å²) >= 11 is 0. The second-order valence-electron chi connectivity index (χ2n) is 3.57. The summed E-state index contributed by atoms with van der Waals surface area (Å²) in [4.78, 5) is 4.41. The van der Waals surface area contributed by atoms with E-state index in [1.807, 2.05) is 6.20 Å². The average molecular weight is 161 g/mol. The molecule has 0 bridgehead atoms. The van der Waals surface area contributed by atoms with Crippen LogP contribution in [0.5, 0.6) is 0 Å². The third-order valence-corrected chi connectivity index (χ3v) is 2.78. The molecule has 0 aliphatic heterocycles. The van der Waals surface area contributed by atoms with E-state index in [2.05, 4.69) is 24.0 Å². The van der Waals surface area contributed by atoms with Crippen LogP contribution in [0.2, 0.25) is 0 Å².